The molecule has 2 aromatic carbocycles. The summed E-state index contributed by atoms with van der Waals surface area (Å²) in [5, 5.41) is 9.23. The Bertz CT molecular complexity index is 1210. The SMILES string of the molecule is CC(C)c1ccc(C=O)c(NC(=O)c2cnn(C)c2)c1.CC(C)c1ccc(C=O)c(NC=O)c1.CN(C)C. The molecule has 0 aliphatic carbocycles. The fraction of sp³-hybridized carbons (Fsp3) is 0.345. The van der Waals surface area contributed by atoms with Crippen molar-refractivity contribution in [2.45, 2.75) is 39.5 Å². The van der Waals surface area contributed by atoms with E-state index in [4.69, 9.17) is 0 Å². The summed E-state index contributed by atoms with van der Waals surface area (Å²) in [4.78, 5) is 46.1. The number of hydrogen-bond acceptors (Lipinski definition) is 6. The molecule has 0 saturated heterocycles. The number of aldehydes is 2. The van der Waals surface area contributed by atoms with Crippen molar-refractivity contribution in [3.8, 4) is 0 Å². The summed E-state index contributed by atoms with van der Waals surface area (Å²) < 4.78 is 1.56. The standard InChI is InChI=1S/C15H17N3O2.C11H13NO2.C3H9N/c1-10(2)11-4-5-12(9-19)14(6-11)17-15(20)13-7-16-18(3)8-13;1-8(2)9-3-4-10(6-13)11(5-9)12-7-14;1-4(2)3/h4-10H,1-3H3,(H,17,20);3-8H,1-2H3,(H,12,14);1-3H3. The lowest BCUT2D eigenvalue weighted by Crippen LogP contribution is -2.13. The predicted molar refractivity (Wildman–Crippen MR) is 152 cm³/mol. The lowest BCUT2D eigenvalue weighted by Gasteiger charge is -2.11. The number of anilines is 2. The average Bonchev–Trinajstić information content (AvgIpc) is 3.30. The topological polar surface area (TPSA) is 113 Å². The first-order valence-corrected chi connectivity index (χ1v) is 12.2. The van der Waals surface area contributed by atoms with Crippen molar-refractivity contribution in [1.82, 2.24) is 14.7 Å². The Labute approximate surface area is 225 Å². The van der Waals surface area contributed by atoms with Crippen LogP contribution in [0.5, 0.6) is 0 Å². The Morgan fingerprint density at radius 3 is 1.74 bits per heavy atom. The molecular formula is C29H39N5O4. The fourth-order valence-corrected chi connectivity index (χ4v) is 3.10. The molecule has 9 heteroatoms. The van der Waals surface area contributed by atoms with Crippen LogP contribution >= 0.6 is 0 Å². The molecule has 0 fully saturated rings. The molecule has 0 radical (unpaired) electrons. The van der Waals surface area contributed by atoms with Gasteiger partial charge in [-0.3, -0.25) is 23.9 Å². The molecule has 38 heavy (non-hydrogen) atoms. The molecule has 204 valence electrons. The fourth-order valence-electron chi connectivity index (χ4n) is 3.10. The van der Waals surface area contributed by atoms with E-state index in [-0.39, 0.29) is 5.91 Å². The van der Waals surface area contributed by atoms with Crippen molar-refractivity contribution < 1.29 is 19.2 Å². The van der Waals surface area contributed by atoms with Gasteiger partial charge in [-0.2, -0.15) is 5.10 Å². The first-order chi connectivity index (χ1) is 17.9. The zero-order chi connectivity index (χ0) is 28.8. The summed E-state index contributed by atoms with van der Waals surface area (Å²) in [7, 11) is 7.74. The molecule has 2 N–H and O–H groups in total. The molecule has 3 aromatic rings. The average molecular weight is 522 g/mol. The number of carbonyl (C=O) groups excluding carboxylic acids is 4. The van der Waals surface area contributed by atoms with Crippen molar-refractivity contribution in [2.24, 2.45) is 7.05 Å². The summed E-state index contributed by atoms with van der Waals surface area (Å²) in [6.45, 7) is 8.23. The maximum atomic E-state index is 12.1. The zero-order valence-corrected chi connectivity index (χ0v) is 23.5. The minimum atomic E-state index is -0.276. The van der Waals surface area contributed by atoms with Gasteiger partial charge in [0.15, 0.2) is 12.6 Å². The quantitative estimate of drug-likeness (QED) is 0.404. The third-order valence-corrected chi connectivity index (χ3v) is 5.17. The Hall–Kier alpha value is -4.11. The number of nitrogens with one attached hydrogen (secondary N) is 2. The van der Waals surface area contributed by atoms with E-state index in [9.17, 15) is 19.2 Å². The maximum Gasteiger partial charge on any atom is 0.258 e. The van der Waals surface area contributed by atoms with E-state index in [1.807, 2.05) is 50.3 Å². The Morgan fingerprint density at radius 2 is 1.34 bits per heavy atom. The van der Waals surface area contributed by atoms with Crippen LogP contribution in [0.2, 0.25) is 0 Å². The van der Waals surface area contributed by atoms with E-state index in [1.165, 1.54) is 6.20 Å². The van der Waals surface area contributed by atoms with Gasteiger partial charge in [0.25, 0.3) is 5.91 Å². The van der Waals surface area contributed by atoms with Crippen molar-refractivity contribution in [1.29, 1.82) is 0 Å². The Kier molecular flexibility index (Phi) is 13.3. The molecule has 1 heterocycles. The van der Waals surface area contributed by atoms with E-state index >= 15 is 0 Å². The number of aromatic nitrogens is 2. The lowest BCUT2D eigenvalue weighted by atomic mass is 10.0. The second-order valence-electron chi connectivity index (χ2n) is 9.70. The van der Waals surface area contributed by atoms with Gasteiger partial charge in [0.05, 0.1) is 23.1 Å². The lowest BCUT2D eigenvalue weighted by molar-refractivity contribution is -0.105. The summed E-state index contributed by atoms with van der Waals surface area (Å²) in [6.07, 6.45) is 5.16. The number of benzene rings is 2. The smallest absolute Gasteiger partial charge is 0.258 e. The summed E-state index contributed by atoms with van der Waals surface area (Å²) in [5.74, 6) is 0.426. The molecule has 0 aliphatic rings. The van der Waals surface area contributed by atoms with Crippen molar-refractivity contribution in [3.63, 3.8) is 0 Å². The molecule has 0 saturated carbocycles. The van der Waals surface area contributed by atoms with Gasteiger partial charge in [-0.25, -0.2) is 0 Å². The normalized spacial score (nSPS) is 10.2. The van der Waals surface area contributed by atoms with Gasteiger partial charge >= 0.3 is 0 Å². The van der Waals surface area contributed by atoms with Gasteiger partial charge in [-0.15, -0.1) is 0 Å². The van der Waals surface area contributed by atoms with Gasteiger partial charge in [-0.1, -0.05) is 39.8 Å². The van der Waals surface area contributed by atoms with Crippen LogP contribution in [0.25, 0.3) is 0 Å². The number of carbonyl (C=O) groups is 4. The molecule has 2 amide bonds. The van der Waals surface area contributed by atoms with Crippen LogP contribution in [0, 0.1) is 0 Å². The highest BCUT2D eigenvalue weighted by atomic mass is 16.2. The Balaban J connectivity index is 0.000000349. The zero-order valence-electron chi connectivity index (χ0n) is 23.5. The number of aryl methyl sites for hydroxylation is 1. The maximum absolute atomic E-state index is 12.1. The first kappa shape index (κ1) is 31.9. The molecule has 0 unspecified atom stereocenters. The number of rotatable bonds is 8. The van der Waals surface area contributed by atoms with Crippen LogP contribution in [0.15, 0.2) is 48.8 Å². The van der Waals surface area contributed by atoms with Crippen LogP contribution in [-0.4, -0.2) is 60.7 Å². The van der Waals surface area contributed by atoms with Crippen LogP contribution in [0.1, 0.15) is 81.7 Å². The van der Waals surface area contributed by atoms with Crippen molar-refractivity contribution in [2.75, 3.05) is 31.8 Å². The van der Waals surface area contributed by atoms with Gasteiger partial charge in [-0.05, 0) is 68.4 Å². The van der Waals surface area contributed by atoms with Crippen LogP contribution in [-0.2, 0) is 11.8 Å². The van der Waals surface area contributed by atoms with Gasteiger partial charge in [0.2, 0.25) is 6.41 Å². The summed E-state index contributed by atoms with van der Waals surface area (Å²) in [6, 6.07) is 10.9. The van der Waals surface area contributed by atoms with Gasteiger partial charge in [0.1, 0.15) is 0 Å². The van der Waals surface area contributed by atoms with Gasteiger partial charge < -0.3 is 15.5 Å². The molecule has 0 aliphatic heterocycles. The number of nitrogens with zero attached hydrogens (tertiary/aromatic N) is 3. The molecule has 0 atom stereocenters. The highest BCUT2D eigenvalue weighted by Crippen LogP contribution is 2.23. The number of amides is 2. The van der Waals surface area contributed by atoms with E-state index in [1.54, 1.807) is 30.1 Å². The van der Waals surface area contributed by atoms with Crippen LogP contribution in [0.4, 0.5) is 11.4 Å². The summed E-state index contributed by atoms with van der Waals surface area (Å²) in [5.41, 5.74) is 4.69. The number of hydrogen-bond donors (Lipinski definition) is 2. The molecule has 0 bridgehead atoms. The van der Waals surface area contributed by atoms with Crippen LogP contribution < -0.4 is 10.6 Å². The first-order valence-electron chi connectivity index (χ1n) is 12.2. The highest BCUT2D eigenvalue weighted by Gasteiger charge is 2.12. The highest BCUT2D eigenvalue weighted by molar-refractivity contribution is 6.06. The molecule has 0 spiro atoms. The van der Waals surface area contributed by atoms with E-state index in [0.29, 0.717) is 46.3 Å². The van der Waals surface area contributed by atoms with Crippen LogP contribution in [0.3, 0.4) is 0 Å². The minimum absolute atomic E-state index is 0.276. The predicted octanol–water partition coefficient (Wildman–Crippen LogP) is 4.98. The summed E-state index contributed by atoms with van der Waals surface area (Å²) >= 11 is 0. The van der Waals surface area contributed by atoms with Crippen molar-refractivity contribution in [3.05, 3.63) is 76.6 Å². The Morgan fingerprint density at radius 1 is 0.868 bits per heavy atom. The second kappa shape index (κ2) is 15.9. The van der Waals surface area contributed by atoms with E-state index < -0.39 is 0 Å². The molecular weight excluding hydrogens is 482 g/mol. The minimum Gasteiger partial charge on any atom is -0.328 e. The molecule has 1 aromatic heterocycles. The third kappa shape index (κ3) is 10.5. The largest absolute Gasteiger partial charge is 0.328 e. The van der Waals surface area contributed by atoms with E-state index in [0.717, 1.165) is 23.7 Å². The third-order valence-electron chi connectivity index (χ3n) is 5.17. The van der Waals surface area contributed by atoms with E-state index in [2.05, 4.69) is 43.4 Å². The molecule has 3 rings (SSSR count). The monoisotopic (exact) mass is 521 g/mol. The van der Waals surface area contributed by atoms with Gasteiger partial charge in [0, 0.05) is 24.4 Å². The molecule has 9 nitrogen and oxygen atoms in total. The van der Waals surface area contributed by atoms with Crippen molar-refractivity contribution >= 4 is 36.3 Å². The second-order valence-corrected chi connectivity index (χ2v) is 9.70.